The van der Waals surface area contributed by atoms with E-state index in [4.69, 9.17) is 18.0 Å². The average molecular weight is 270 g/mol. The summed E-state index contributed by atoms with van der Waals surface area (Å²) in [5.41, 5.74) is 5.42. The Morgan fingerprint density at radius 3 is 2.11 bits per heavy atom. The van der Waals surface area contributed by atoms with E-state index >= 15 is 0 Å². The third-order valence-electron chi connectivity index (χ3n) is 3.91. The maximum absolute atomic E-state index is 11.9. The molecule has 5 heteroatoms. The van der Waals surface area contributed by atoms with Gasteiger partial charge in [0.1, 0.15) is 0 Å². The summed E-state index contributed by atoms with van der Waals surface area (Å²) in [7, 11) is 0. The van der Waals surface area contributed by atoms with Crippen molar-refractivity contribution in [3.63, 3.8) is 0 Å². The van der Waals surface area contributed by atoms with Gasteiger partial charge in [0, 0.05) is 23.8 Å². The van der Waals surface area contributed by atoms with Crippen LogP contribution in [0.2, 0.25) is 0 Å². The molecule has 0 aromatic carbocycles. The van der Waals surface area contributed by atoms with Crippen LogP contribution in [0, 0.1) is 17.3 Å². The molecule has 2 atom stereocenters. The van der Waals surface area contributed by atoms with Gasteiger partial charge in [-0.1, -0.05) is 39.9 Å². The SMILES string of the molecule is CC1C(=O)N(CCCC(C)(C)C(N)=S)C(=O)C1C. The molecule has 0 radical (unpaired) electrons. The molecule has 4 nitrogen and oxygen atoms in total. The molecule has 1 aliphatic rings. The van der Waals surface area contributed by atoms with E-state index in [1.54, 1.807) is 0 Å². The first-order valence-corrected chi connectivity index (χ1v) is 6.74. The molecule has 1 heterocycles. The van der Waals surface area contributed by atoms with Gasteiger partial charge in [-0.05, 0) is 12.8 Å². The second-order valence-corrected chi connectivity index (χ2v) is 6.20. The molecular formula is C13H22N2O2S. The highest BCUT2D eigenvalue weighted by atomic mass is 32.1. The standard InChI is InChI=1S/C13H22N2O2S/c1-8-9(2)11(17)15(10(8)16)7-5-6-13(3,4)12(14)18/h8-9H,5-7H2,1-4H3,(H2,14,18). The number of amides is 2. The van der Waals surface area contributed by atoms with E-state index in [0.717, 1.165) is 12.8 Å². The summed E-state index contributed by atoms with van der Waals surface area (Å²) in [5, 5.41) is 0. The molecular weight excluding hydrogens is 248 g/mol. The first kappa shape index (κ1) is 15.1. The summed E-state index contributed by atoms with van der Waals surface area (Å²) in [6.07, 6.45) is 1.52. The molecule has 0 saturated carbocycles. The quantitative estimate of drug-likeness (QED) is 0.610. The maximum atomic E-state index is 11.9. The van der Waals surface area contributed by atoms with Crippen molar-refractivity contribution in [1.82, 2.24) is 4.90 Å². The van der Waals surface area contributed by atoms with Gasteiger partial charge in [-0.15, -0.1) is 0 Å². The van der Waals surface area contributed by atoms with Gasteiger partial charge in [-0.25, -0.2) is 0 Å². The summed E-state index contributed by atoms with van der Waals surface area (Å²) in [6.45, 7) is 8.05. The van der Waals surface area contributed by atoms with Crippen molar-refractivity contribution in [2.75, 3.05) is 6.54 Å². The van der Waals surface area contributed by atoms with Crippen LogP contribution in [0.3, 0.4) is 0 Å². The Kier molecular flexibility index (Phi) is 4.48. The number of carbonyl (C=O) groups is 2. The van der Waals surface area contributed by atoms with Crippen molar-refractivity contribution >= 4 is 29.0 Å². The lowest BCUT2D eigenvalue weighted by Crippen LogP contribution is -2.34. The van der Waals surface area contributed by atoms with Crippen LogP contribution in [0.25, 0.3) is 0 Å². The Labute approximate surface area is 114 Å². The van der Waals surface area contributed by atoms with E-state index in [9.17, 15) is 9.59 Å². The third-order valence-corrected chi connectivity index (χ3v) is 4.46. The lowest BCUT2D eigenvalue weighted by molar-refractivity contribution is -0.139. The van der Waals surface area contributed by atoms with Gasteiger partial charge in [-0.2, -0.15) is 0 Å². The van der Waals surface area contributed by atoms with Gasteiger partial charge in [0.15, 0.2) is 0 Å². The summed E-state index contributed by atoms with van der Waals surface area (Å²) in [4.78, 5) is 25.6. The van der Waals surface area contributed by atoms with Crippen LogP contribution >= 0.6 is 12.2 Å². The van der Waals surface area contributed by atoms with Crippen molar-refractivity contribution in [3.05, 3.63) is 0 Å². The molecule has 2 amide bonds. The highest BCUT2D eigenvalue weighted by Gasteiger charge is 2.41. The number of thiocarbonyl (C=S) groups is 1. The molecule has 0 spiro atoms. The fraction of sp³-hybridized carbons (Fsp3) is 0.769. The predicted molar refractivity (Wildman–Crippen MR) is 74.8 cm³/mol. The summed E-state index contributed by atoms with van der Waals surface area (Å²) in [5.74, 6) is -0.497. The largest absolute Gasteiger partial charge is 0.393 e. The van der Waals surface area contributed by atoms with E-state index in [0.29, 0.717) is 11.5 Å². The zero-order chi connectivity index (χ0) is 14.1. The van der Waals surface area contributed by atoms with Gasteiger partial charge < -0.3 is 5.73 Å². The average Bonchev–Trinajstić information content (AvgIpc) is 2.46. The van der Waals surface area contributed by atoms with Crippen LogP contribution < -0.4 is 5.73 Å². The molecule has 1 saturated heterocycles. The molecule has 0 aromatic heterocycles. The van der Waals surface area contributed by atoms with Crippen LogP contribution in [-0.2, 0) is 9.59 Å². The summed E-state index contributed by atoms with van der Waals surface area (Å²) in [6, 6.07) is 0. The van der Waals surface area contributed by atoms with Crippen molar-refractivity contribution in [1.29, 1.82) is 0 Å². The number of carbonyl (C=O) groups excluding carboxylic acids is 2. The van der Waals surface area contributed by atoms with E-state index in [1.807, 2.05) is 27.7 Å². The van der Waals surface area contributed by atoms with E-state index in [-0.39, 0.29) is 29.1 Å². The summed E-state index contributed by atoms with van der Waals surface area (Å²) < 4.78 is 0. The fourth-order valence-corrected chi connectivity index (χ4v) is 2.15. The van der Waals surface area contributed by atoms with Crippen molar-refractivity contribution < 1.29 is 9.59 Å². The lowest BCUT2D eigenvalue weighted by Gasteiger charge is -2.24. The Morgan fingerprint density at radius 1 is 1.28 bits per heavy atom. The van der Waals surface area contributed by atoms with Crippen molar-refractivity contribution in [2.45, 2.75) is 40.5 Å². The minimum Gasteiger partial charge on any atom is -0.393 e. The second kappa shape index (κ2) is 5.34. The number of imide groups is 1. The molecule has 0 aliphatic carbocycles. The summed E-state index contributed by atoms with van der Waals surface area (Å²) >= 11 is 4.99. The van der Waals surface area contributed by atoms with Crippen LogP contribution in [0.15, 0.2) is 0 Å². The topological polar surface area (TPSA) is 63.4 Å². The minimum atomic E-state index is -0.224. The molecule has 18 heavy (non-hydrogen) atoms. The minimum absolute atomic E-state index is 0.0550. The van der Waals surface area contributed by atoms with Crippen molar-refractivity contribution in [2.24, 2.45) is 23.0 Å². The van der Waals surface area contributed by atoms with Gasteiger partial charge in [-0.3, -0.25) is 14.5 Å². The smallest absolute Gasteiger partial charge is 0.232 e. The zero-order valence-electron chi connectivity index (χ0n) is 11.5. The molecule has 2 N–H and O–H groups in total. The highest BCUT2D eigenvalue weighted by Crippen LogP contribution is 2.27. The second-order valence-electron chi connectivity index (χ2n) is 5.76. The number of hydrogen-bond donors (Lipinski definition) is 1. The van der Waals surface area contributed by atoms with E-state index in [1.165, 1.54) is 4.90 Å². The molecule has 1 fully saturated rings. The number of nitrogens with zero attached hydrogens (tertiary/aromatic N) is 1. The van der Waals surface area contributed by atoms with Gasteiger partial charge in [0.25, 0.3) is 0 Å². The monoisotopic (exact) mass is 270 g/mol. The molecule has 102 valence electrons. The molecule has 0 bridgehead atoms. The van der Waals surface area contributed by atoms with Gasteiger partial charge in [0.2, 0.25) is 11.8 Å². The Hall–Kier alpha value is -0.970. The van der Waals surface area contributed by atoms with Gasteiger partial charge in [0.05, 0.1) is 4.99 Å². The van der Waals surface area contributed by atoms with E-state index < -0.39 is 0 Å². The van der Waals surface area contributed by atoms with Crippen LogP contribution in [0.1, 0.15) is 40.5 Å². The molecule has 2 unspecified atom stereocenters. The Morgan fingerprint density at radius 2 is 1.72 bits per heavy atom. The van der Waals surface area contributed by atoms with Crippen LogP contribution in [-0.4, -0.2) is 28.2 Å². The maximum Gasteiger partial charge on any atom is 0.232 e. The number of hydrogen-bond acceptors (Lipinski definition) is 3. The highest BCUT2D eigenvalue weighted by molar-refractivity contribution is 7.80. The zero-order valence-corrected chi connectivity index (χ0v) is 12.3. The van der Waals surface area contributed by atoms with Crippen LogP contribution in [0.5, 0.6) is 0 Å². The molecule has 1 rings (SSSR count). The molecule has 0 aromatic rings. The fourth-order valence-electron chi connectivity index (χ4n) is 2.05. The van der Waals surface area contributed by atoms with Crippen LogP contribution in [0.4, 0.5) is 0 Å². The Bertz CT molecular complexity index is 359. The number of rotatable bonds is 5. The Balaban J connectivity index is 2.53. The lowest BCUT2D eigenvalue weighted by atomic mass is 9.88. The number of likely N-dealkylation sites (tertiary alicyclic amines) is 1. The normalized spacial score (nSPS) is 24.8. The van der Waals surface area contributed by atoms with E-state index in [2.05, 4.69) is 0 Å². The first-order valence-electron chi connectivity index (χ1n) is 6.33. The third kappa shape index (κ3) is 2.88. The van der Waals surface area contributed by atoms with Gasteiger partial charge >= 0.3 is 0 Å². The van der Waals surface area contributed by atoms with Crippen molar-refractivity contribution in [3.8, 4) is 0 Å². The first-order chi connectivity index (χ1) is 8.18. The number of nitrogens with two attached hydrogens (primary N) is 1. The predicted octanol–water partition coefficient (Wildman–Crippen LogP) is 1.72. The molecule has 1 aliphatic heterocycles.